The second-order valence-electron chi connectivity index (χ2n) is 5.47. The van der Waals surface area contributed by atoms with Gasteiger partial charge in [-0.15, -0.1) is 0 Å². The standard InChI is InChI=1S/C18H17F3N2O2/c1-12-6-7-16(13(2)8-12)25-11-17(24)23-22-10-14-4-3-5-15(9-14)18(19,20)21/h3-10H,11H2,1-2H3,(H,23,24)/b22-10+. The van der Waals surface area contributed by atoms with E-state index in [1.807, 2.05) is 26.0 Å². The van der Waals surface area contributed by atoms with Crippen LogP contribution in [-0.4, -0.2) is 18.7 Å². The van der Waals surface area contributed by atoms with Gasteiger partial charge in [0.25, 0.3) is 5.91 Å². The number of ether oxygens (including phenoxy) is 1. The third-order valence-electron chi connectivity index (χ3n) is 3.31. The molecule has 0 aliphatic heterocycles. The molecule has 0 fully saturated rings. The van der Waals surface area contributed by atoms with Crippen LogP contribution in [0.2, 0.25) is 0 Å². The second kappa shape index (κ2) is 7.83. The minimum atomic E-state index is -4.42. The first-order valence-electron chi connectivity index (χ1n) is 7.45. The Morgan fingerprint density at radius 1 is 1.20 bits per heavy atom. The lowest BCUT2D eigenvalue weighted by atomic mass is 10.1. The Morgan fingerprint density at radius 2 is 1.96 bits per heavy atom. The number of nitrogens with zero attached hydrogens (tertiary/aromatic N) is 1. The first-order chi connectivity index (χ1) is 11.8. The predicted molar refractivity (Wildman–Crippen MR) is 88.6 cm³/mol. The number of nitrogens with one attached hydrogen (secondary N) is 1. The molecule has 0 saturated heterocycles. The number of amides is 1. The molecule has 7 heteroatoms. The van der Waals surface area contributed by atoms with Crippen LogP contribution in [0, 0.1) is 13.8 Å². The van der Waals surface area contributed by atoms with Crippen LogP contribution in [0.1, 0.15) is 22.3 Å². The molecule has 0 aliphatic carbocycles. The minimum Gasteiger partial charge on any atom is -0.483 e. The highest BCUT2D eigenvalue weighted by molar-refractivity contribution is 5.83. The fourth-order valence-electron chi connectivity index (χ4n) is 2.11. The Hall–Kier alpha value is -2.83. The molecule has 2 aromatic carbocycles. The topological polar surface area (TPSA) is 50.7 Å². The summed E-state index contributed by atoms with van der Waals surface area (Å²) in [6.45, 7) is 3.57. The van der Waals surface area contributed by atoms with Crippen LogP contribution < -0.4 is 10.2 Å². The predicted octanol–water partition coefficient (Wildman–Crippen LogP) is 3.85. The van der Waals surface area contributed by atoms with Gasteiger partial charge in [0.2, 0.25) is 0 Å². The number of alkyl halides is 3. The number of carbonyl (C=O) groups is 1. The van der Waals surface area contributed by atoms with Crippen molar-refractivity contribution in [2.45, 2.75) is 20.0 Å². The van der Waals surface area contributed by atoms with Gasteiger partial charge >= 0.3 is 6.18 Å². The molecule has 0 aromatic heterocycles. The van der Waals surface area contributed by atoms with E-state index in [0.29, 0.717) is 5.75 Å². The average Bonchev–Trinajstić information content (AvgIpc) is 2.53. The number of hydrogen-bond acceptors (Lipinski definition) is 3. The number of benzene rings is 2. The van der Waals surface area contributed by atoms with Crippen LogP contribution in [-0.2, 0) is 11.0 Å². The zero-order valence-corrected chi connectivity index (χ0v) is 13.7. The van der Waals surface area contributed by atoms with Crippen molar-refractivity contribution in [3.63, 3.8) is 0 Å². The minimum absolute atomic E-state index is 0.227. The molecule has 1 amide bonds. The highest BCUT2D eigenvalue weighted by Gasteiger charge is 2.30. The highest BCUT2D eigenvalue weighted by atomic mass is 19.4. The number of carbonyl (C=O) groups excluding carboxylic acids is 1. The Balaban J connectivity index is 1.88. The summed E-state index contributed by atoms with van der Waals surface area (Å²) in [6.07, 6.45) is -3.28. The van der Waals surface area contributed by atoms with Gasteiger partial charge in [0.05, 0.1) is 11.8 Å². The number of halogens is 3. The van der Waals surface area contributed by atoms with Gasteiger partial charge in [0.15, 0.2) is 6.61 Å². The van der Waals surface area contributed by atoms with Crippen LogP contribution >= 0.6 is 0 Å². The van der Waals surface area contributed by atoms with Crippen LogP contribution in [0.4, 0.5) is 13.2 Å². The Labute approximate surface area is 143 Å². The maximum atomic E-state index is 12.6. The molecule has 0 spiro atoms. The molecule has 2 rings (SSSR count). The van der Waals surface area contributed by atoms with Gasteiger partial charge in [-0.25, -0.2) is 5.43 Å². The lowest BCUT2D eigenvalue weighted by molar-refractivity contribution is -0.137. The van der Waals surface area contributed by atoms with Crippen molar-refractivity contribution in [3.05, 3.63) is 64.7 Å². The molecule has 2 aromatic rings. The second-order valence-corrected chi connectivity index (χ2v) is 5.47. The van der Waals surface area contributed by atoms with Crippen molar-refractivity contribution in [2.75, 3.05) is 6.61 Å². The van der Waals surface area contributed by atoms with Crippen molar-refractivity contribution >= 4 is 12.1 Å². The molecule has 0 saturated carbocycles. The summed E-state index contributed by atoms with van der Waals surface area (Å²) in [5.41, 5.74) is 3.65. The van der Waals surface area contributed by atoms with Gasteiger partial charge in [-0.05, 0) is 43.2 Å². The normalized spacial score (nSPS) is 11.6. The van der Waals surface area contributed by atoms with Gasteiger partial charge in [0, 0.05) is 0 Å². The maximum Gasteiger partial charge on any atom is 0.416 e. The van der Waals surface area contributed by atoms with E-state index in [4.69, 9.17) is 4.74 Å². The lowest BCUT2D eigenvalue weighted by Gasteiger charge is -2.08. The fourth-order valence-corrected chi connectivity index (χ4v) is 2.11. The molecule has 0 heterocycles. The van der Waals surface area contributed by atoms with Crippen LogP contribution in [0.3, 0.4) is 0 Å². The fraction of sp³-hybridized carbons (Fsp3) is 0.222. The summed E-state index contributed by atoms with van der Waals surface area (Å²) in [5.74, 6) is 0.0748. The molecule has 0 radical (unpaired) electrons. The first kappa shape index (κ1) is 18.5. The molecule has 25 heavy (non-hydrogen) atoms. The molecule has 1 N–H and O–H groups in total. The molecular weight excluding hydrogens is 333 g/mol. The van der Waals surface area contributed by atoms with Gasteiger partial charge in [0.1, 0.15) is 5.75 Å². The molecule has 0 aliphatic rings. The van der Waals surface area contributed by atoms with Crippen molar-refractivity contribution in [1.29, 1.82) is 0 Å². The smallest absolute Gasteiger partial charge is 0.416 e. The molecule has 4 nitrogen and oxygen atoms in total. The zero-order chi connectivity index (χ0) is 18.4. The quantitative estimate of drug-likeness (QED) is 0.658. The van der Waals surface area contributed by atoms with Crippen molar-refractivity contribution < 1.29 is 22.7 Å². The molecule has 0 atom stereocenters. The van der Waals surface area contributed by atoms with E-state index in [-0.39, 0.29) is 12.2 Å². The van der Waals surface area contributed by atoms with Crippen molar-refractivity contribution in [2.24, 2.45) is 5.10 Å². The van der Waals surface area contributed by atoms with E-state index < -0.39 is 17.6 Å². The monoisotopic (exact) mass is 350 g/mol. The van der Waals surface area contributed by atoms with E-state index in [9.17, 15) is 18.0 Å². The van der Waals surface area contributed by atoms with Crippen molar-refractivity contribution in [1.82, 2.24) is 5.43 Å². The lowest BCUT2D eigenvalue weighted by Crippen LogP contribution is -2.24. The summed E-state index contributed by atoms with van der Waals surface area (Å²) in [7, 11) is 0. The number of rotatable bonds is 5. The molecular formula is C18H17F3N2O2. The molecule has 0 unspecified atom stereocenters. The molecule has 132 valence electrons. The highest BCUT2D eigenvalue weighted by Crippen LogP contribution is 2.29. The van der Waals surface area contributed by atoms with E-state index in [1.165, 1.54) is 12.1 Å². The Kier molecular flexibility index (Phi) is 5.80. The van der Waals surface area contributed by atoms with Crippen LogP contribution in [0.15, 0.2) is 47.6 Å². The third kappa shape index (κ3) is 5.63. The third-order valence-corrected chi connectivity index (χ3v) is 3.31. The van der Waals surface area contributed by atoms with E-state index in [2.05, 4.69) is 10.5 Å². The number of hydrogen-bond donors (Lipinski definition) is 1. The van der Waals surface area contributed by atoms with E-state index in [0.717, 1.165) is 29.5 Å². The summed E-state index contributed by atoms with van der Waals surface area (Å²) in [6, 6.07) is 10.2. The average molecular weight is 350 g/mol. The summed E-state index contributed by atoms with van der Waals surface area (Å²) >= 11 is 0. The van der Waals surface area contributed by atoms with Gasteiger partial charge in [-0.2, -0.15) is 18.3 Å². The maximum absolute atomic E-state index is 12.6. The summed E-state index contributed by atoms with van der Waals surface area (Å²) < 4.78 is 43.2. The van der Waals surface area contributed by atoms with Crippen LogP contribution in [0.25, 0.3) is 0 Å². The van der Waals surface area contributed by atoms with Gasteiger partial charge in [-0.1, -0.05) is 29.8 Å². The largest absolute Gasteiger partial charge is 0.483 e. The first-order valence-corrected chi connectivity index (χ1v) is 7.45. The van der Waals surface area contributed by atoms with Gasteiger partial charge < -0.3 is 4.74 Å². The number of aryl methyl sites for hydroxylation is 2. The number of hydrazone groups is 1. The van der Waals surface area contributed by atoms with Gasteiger partial charge in [-0.3, -0.25) is 4.79 Å². The van der Waals surface area contributed by atoms with Crippen LogP contribution in [0.5, 0.6) is 5.75 Å². The van der Waals surface area contributed by atoms with E-state index in [1.54, 1.807) is 6.07 Å². The zero-order valence-electron chi connectivity index (χ0n) is 13.7. The summed E-state index contributed by atoms with van der Waals surface area (Å²) in [4.78, 5) is 11.7. The summed E-state index contributed by atoms with van der Waals surface area (Å²) in [5, 5.41) is 3.64. The SMILES string of the molecule is Cc1ccc(OCC(=O)N/N=C/c2cccc(C(F)(F)F)c2)c(C)c1. The van der Waals surface area contributed by atoms with E-state index >= 15 is 0 Å². The Morgan fingerprint density at radius 3 is 2.64 bits per heavy atom. The Bertz CT molecular complexity index is 786. The molecule has 0 bridgehead atoms. The van der Waals surface area contributed by atoms with Crippen molar-refractivity contribution in [3.8, 4) is 5.75 Å².